The van der Waals surface area contributed by atoms with Crippen molar-refractivity contribution in [3.63, 3.8) is 0 Å². The van der Waals surface area contributed by atoms with Crippen LogP contribution in [0.15, 0.2) is 54.9 Å². The third kappa shape index (κ3) is 3.56. The lowest BCUT2D eigenvalue weighted by atomic mass is 10.1. The molecule has 0 aliphatic rings. The standard InChI is InChI=1S/C19H17N3O4/c1-25-17-6-4-3-5-13(17)15-10-18(21-11-20-15)22-12-7-8-14(16(23)9-12)19(24)26-2/h3-11,23H,1-2H3,(H,20,21,22). The maximum absolute atomic E-state index is 11.5. The first-order valence-corrected chi connectivity index (χ1v) is 7.76. The van der Waals surface area contributed by atoms with Crippen LogP contribution in [0, 0.1) is 0 Å². The fraction of sp³-hybridized carbons (Fsp3) is 0.105. The summed E-state index contributed by atoms with van der Waals surface area (Å²) in [5, 5.41) is 13.1. The molecule has 7 heteroatoms. The van der Waals surface area contributed by atoms with Gasteiger partial charge in [-0.3, -0.25) is 0 Å². The van der Waals surface area contributed by atoms with E-state index in [9.17, 15) is 9.90 Å². The molecule has 1 heterocycles. The number of methoxy groups -OCH3 is 2. The lowest BCUT2D eigenvalue weighted by Crippen LogP contribution is -2.02. The van der Waals surface area contributed by atoms with Crippen LogP contribution >= 0.6 is 0 Å². The quantitative estimate of drug-likeness (QED) is 0.681. The first kappa shape index (κ1) is 17.2. The number of hydrogen-bond acceptors (Lipinski definition) is 7. The molecule has 26 heavy (non-hydrogen) atoms. The van der Waals surface area contributed by atoms with Crippen molar-refractivity contribution in [3.05, 3.63) is 60.4 Å². The highest BCUT2D eigenvalue weighted by Gasteiger charge is 2.12. The van der Waals surface area contributed by atoms with Gasteiger partial charge in [-0.05, 0) is 24.3 Å². The normalized spacial score (nSPS) is 10.2. The second kappa shape index (κ2) is 7.52. The SMILES string of the molecule is COC(=O)c1ccc(Nc2cc(-c3ccccc3OC)ncn2)cc1O. The van der Waals surface area contributed by atoms with Gasteiger partial charge in [-0.15, -0.1) is 0 Å². The van der Waals surface area contributed by atoms with E-state index < -0.39 is 5.97 Å². The van der Waals surface area contributed by atoms with Gasteiger partial charge in [0.1, 0.15) is 29.2 Å². The third-order valence-corrected chi connectivity index (χ3v) is 3.73. The Morgan fingerprint density at radius 2 is 1.88 bits per heavy atom. The maximum Gasteiger partial charge on any atom is 0.341 e. The number of aromatic nitrogens is 2. The lowest BCUT2D eigenvalue weighted by molar-refractivity contribution is 0.0597. The highest BCUT2D eigenvalue weighted by atomic mass is 16.5. The van der Waals surface area contributed by atoms with Gasteiger partial charge in [0, 0.05) is 23.4 Å². The van der Waals surface area contributed by atoms with Crippen LogP contribution in [-0.2, 0) is 4.74 Å². The van der Waals surface area contributed by atoms with Crippen LogP contribution in [0.4, 0.5) is 11.5 Å². The van der Waals surface area contributed by atoms with Gasteiger partial charge in [0.25, 0.3) is 0 Å². The Bertz CT molecular complexity index is 944. The highest BCUT2D eigenvalue weighted by Crippen LogP contribution is 2.30. The fourth-order valence-electron chi connectivity index (χ4n) is 2.47. The number of phenolic OH excluding ortho intramolecular Hbond substituents is 1. The van der Waals surface area contributed by atoms with E-state index in [0.717, 1.165) is 5.56 Å². The van der Waals surface area contributed by atoms with Crippen LogP contribution in [-0.4, -0.2) is 35.3 Å². The molecule has 0 spiro atoms. The van der Waals surface area contributed by atoms with Crippen molar-refractivity contribution in [2.24, 2.45) is 0 Å². The summed E-state index contributed by atoms with van der Waals surface area (Å²) in [7, 11) is 2.86. The number of carbonyl (C=O) groups is 1. The second-order valence-corrected chi connectivity index (χ2v) is 5.34. The second-order valence-electron chi connectivity index (χ2n) is 5.34. The monoisotopic (exact) mass is 351 g/mol. The minimum atomic E-state index is -0.602. The molecule has 132 valence electrons. The largest absolute Gasteiger partial charge is 0.507 e. The number of carbonyl (C=O) groups excluding carboxylic acids is 1. The zero-order chi connectivity index (χ0) is 18.5. The smallest absolute Gasteiger partial charge is 0.341 e. The van der Waals surface area contributed by atoms with Gasteiger partial charge in [-0.2, -0.15) is 0 Å². The summed E-state index contributed by atoms with van der Waals surface area (Å²) in [4.78, 5) is 20.0. The summed E-state index contributed by atoms with van der Waals surface area (Å²) < 4.78 is 9.97. The fourth-order valence-corrected chi connectivity index (χ4v) is 2.47. The predicted octanol–water partition coefficient (Wildman–Crippen LogP) is 3.39. The zero-order valence-electron chi connectivity index (χ0n) is 14.3. The van der Waals surface area contributed by atoms with Crippen LogP contribution < -0.4 is 10.1 Å². The van der Waals surface area contributed by atoms with E-state index in [1.807, 2.05) is 24.3 Å². The Morgan fingerprint density at radius 3 is 2.62 bits per heavy atom. The van der Waals surface area contributed by atoms with E-state index in [4.69, 9.17) is 4.74 Å². The van der Waals surface area contributed by atoms with Gasteiger partial charge in [-0.25, -0.2) is 14.8 Å². The van der Waals surface area contributed by atoms with Crippen molar-refractivity contribution in [1.29, 1.82) is 0 Å². The summed E-state index contributed by atoms with van der Waals surface area (Å²) in [6, 6.07) is 13.9. The molecule has 0 saturated heterocycles. The lowest BCUT2D eigenvalue weighted by Gasteiger charge is -2.10. The molecular formula is C19H17N3O4. The van der Waals surface area contributed by atoms with Crippen LogP contribution in [0.5, 0.6) is 11.5 Å². The highest BCUT2D eigenvalue weighted by molar-refractivity contribution is 5.93. The van der Waals surface area contributed by atoms with Gasteiger partial charge >= 0.3 is 5.97 Å². The van der Waals surface area contributed by atoms with Gasteiger partial charge < -0.3 is 19.9 Å². The predicted molar refractivity (Wildman–Crippen MR) is 96.7 cm³/mol. The number of anilines is 2. The Balaban J connectivity index is 1.88. The summed E-state index contributed by atoms with van der Waals surface area (Å²) in [5.74, 6) is 0.457. The van der Waals surface area contributed by atoms with Gasteiger partial charge in [0.2, 0.25) is 0 Å². The number of esters is 1. The van der Waals surface area contributed by atoms with E-state index in [2.05, 4.69) is 20.0 Å². The summed E-state index contributed by atoms with van der Waals surface area (Å²) >= 11 is 0. The zero-order valence-corrected chi connectivity index (χ0v) is 14.3. The molecule has 0 radical (unpaired) electrons. The maximum atomic E-state index is 11.5. The minimum absolute atomic E-state index is 0.0930. The Morgan fingerprint density at radius 1 is 1.08 bits per heavy atom. The van der Waals surface area contributed by atoms with E-state index in [1.165, 1.54) is 25.6 Å². The molecule has 3 aromatic rings. The average Bonchev–Trinajstić information content (AvgIpc) is 2.67. The number of hydrogen-bond donors (Lipinski definition) is 2. The molecule has 0 fully saturated rings. The number of aromatic hydroxyl groups is 1. The van der Waals surface area contributed by atoms with Crippen molar-refractivity contribution in [2.45, 2.75) is 0 Å². The number of rotatable bonds is 5. The van der Waals surface area contributed by atoms with E-state index >= 15 is 0 Å². The van der Waals surface area contributed by atoms with Crippen LogP contribution in [0.3, 0.4) is 0 Å². The summed E-state index contributed by atoms with van der Waals surface area (Å²) in [6.07, 6.45) is 1.44. The van der Waals surface area contributed by atoms with E-state index in [-0.39, 0.29) is 11.3 Å². The minimum Gasteiger partial charge on any atom is -0.507 e. The molecular weight excluding hydrogens is 334 g/mol. The van der Waals surface area contributed by atoms with Crippen molar-refractivity contribution >= 4 is 17.5 Å². The van der Waals surface area contributed by atoms with Crippen LogP contribution in [0.25, 0.3) is 11.3 Å². The molecule has 0 bridgehead atoms. The molecule has 2 N–H and O–H groups in total. The molecule has 0 unspecified atom stereocenters. The Hall–Kier alpha value is -3.61. The van der Waals surface area contributed by atoms with Gasteiger partial charge in [0.15, 0.2) is 0 Å². The average molecular weight is 351 g/mol. The first-order valence-electron chi connectivity index (χ1n) is 7.76. The first-order chi connectivity index (χ1) is 12.6. The number of para-hydroxylation sites is 1. The van der Waals surface area contributed by atoms with Crippen LogP contribution in [0.2, 0.25) is 0 Å². The number of phenols is 1. The van der Waals surface area contributed by atoms with Crippen molar-refractivity contribution in [2.75, 3.05) is 19.5 Å². The molecule has 0 amide bonds. The molecule has 2 aromatic carbocycles. The Kier molecular flexibility index (Phi) is 4.98. The van der Waals surface area contributed by atoms with Crippen LogP contribution in [0.1, 0.15) is 10.4 Å². The number of ether oxygens (including phenoxy) is 2. The molecule has 7 nitrogen and oxygen atoms in total. The van der Waals surface area contributed by atoms with Crippen molar-refractivity contribution in [3.8, 4) is 22.8 Å². The van der Waals surface area contributed by atoms with Crippen molar-refractivity contribution in [1.82, 2.24) is 9.97 Å². The summed E-state index contributed by atoms with van der Waals surface area (Å²) in [5.41, 5.74) is 2.19. The van der Waals surface area contributed by atoms with Gasteiger partial charge in [0.05, 0.1) is 19.9 Å². The van der Waals surface area contributed by atoms with E-state index in [1.54, 1.807) is 19.2 Å². The molecule has 0 atom stereocenters. The van der Waals surface area contributed by atoms with E-state index in [0.29, 0.717) is 22.9 Å². The molecule has 3 rings (SSSR count). The molecule has 0 aliphatic heterocycles. The topological polar surface area (TPSA) is 93.6 Å². The van der Waals surface area contributed by atoms with Gasteiger partial charge in [-0.1, -0.05) is 12.1 Å². The third-order valence-electron chi connectivity index (χ3n) is 3.73. The molecule has 1 aromatic heterocycles. The molecule has 0 saturated carbocycles. The molecule has 0 aliphatic carbocycles. The Labute approximate surface area is 150 Å². The summed E-state index contributed by atoms with van der Waals surface area (Å²) in [6.45, 7) is 0. The number of nitrogens with one attached hydrogen (secondary N) is 1. The number of nitrogens with zero attached hydrogens (tertiary/aromatic N) is 2. The van der Waals surface area contributed by atoms with Crippen molar-refractivity contribution < 1.29 is 19.4 Å². The number of benzene rings is 2.